The molecule has 2 N–H and O–H groups in total. The standard InChI is InChI=1S/C20H21Cl2N5OS3/c1-12(28)27(31-20-25-18(11-30-20)17-10-29-19(23)24-17)14-4-6-26(7-5-14)9-13-2-3-15(21)16(22)8-13/h2-3,8,10-11,14H,4-7,9H2,1H3,(H2,23,24). The molecule has 11 heteroatoms. The second-order valence-electron chi connectivity index (χ2n) is 7.26. The molecule has 1 amide bonds. The van der Waals surface area contributed by atoms with Gasteiger partial charge in [-0.2, -0.15) is 0 Å². The summed E-state index contributed by atoms with van der Waals surface area (Å²) in [5.41, 5.74) is 8.43. The molecule has 3 aromatic rings. The zero-order valence-corrected chi connectivity index (χ0v) is 20.7. The van der Waals surface area contributed by atoms with E-state index in [1.54, 1.807) is 6.92 Å². The summed E-state index contributed by atoms with van der Waals surface area (Å²) in [7, 11) is 0. The van der Waals surface area contributed by atoms with Gasteiger partial charge >= 0.3 is 0 Å². The Balaban J connectivity index is 1.36. The molecule has 0 aliphatic carbocycles. The Morgan fingerprint density at radius 3 is 2.55 bits per heavy atom. The fraction of sp³-hybridized carbons (Fsp3) is 0.350. The second kappa shape index (κ2) is 10.1. The van der Waals surface area contributed by atoms with Gasteiger partial charge in [0.2, 0.25) is 5.91 Å². The molecule has 0 radical (unpaired) electrons. The molecule has 1 aliphatic heterocycles. The smallest absolute Gasteiger partial charge is 0.229 e. The van der Waals surface area contributed by atoms with Gasteiger partial charge in [-0.15, -0.1) is 22.7 Å². The average molecular weight is 515 g/mol. The summed E-state index contributed by atoms with van der Waals surface area (Å²) in [5, 5.41) is 5.52. The van der Waals surface area contributed by atoms with Gasteiger partial charge < -0.3 is 5.73 Å². The number of likely N-dealkylation sites (tertiary alicyclic amines) is 1. The van der Waals surface area contributed by atoms with Gasteiger partial charge in [-0.25, -0.2) is 9.97 Å². The highest BCUT2D eigenvalue weighted by atomic mass is 35.5. The molecule has 31 heavy (non-hydrogen) atoms. The summed E-state index contributed by atoms with van der Waals surface area (Å²) in [4.78, 5) is 23.7. The van der Waals surface area contributed by atoms with Crippen molar-refractivity contribution in [3.63, 3.8) is 0 Å². The predicted molar refractivity (Wildman–Crippen MR) is 131 cm³/mol. The maximum absolute atomic E-state index is 12.4. The van der Waals surface area contributed by atoms with E-state index in [0.29, 0.717) is 15.2 Å². The average Bonchev–Trinajstić information content (AvgIpc) is 3.38. The van der Waals surface area contributed by atoms with Crippen LogP contribution in [-0.2, 0) is 11.3 Å². The molecule has 1 aliphatic rings. The molecular formula is C20H21Cl2N5OS3. The highest BCUT2D eigenvalue weighted by Gasteiger charge is 2.28. The maximum atomic E-state index is 12.4. The minimum Gasteiger partial charge on any atom is -0.375 e. The Hall–Kier alpha value is -1.36. The number of rotatable bonds is 6. The number of amides is 1. The van der Waals surface area contributed by atoms with E-state index in [0.717, 1.165) is 53.8 Å². The van der Waals surface area contributed by atoms with Gasteiger partial charge in [0.05, 0.1) is 10.0 Å². The van der Waals surface area contributed by atoms with E-state index in [4.69, 9.17) is 28.9 Å². The Kier molecular flexibility index (Phi) is 7.40. The maximum Gasteiger partial charge on any atom is 0.229 e. The monoisotopic (exact) mass is 513 g/mol. The second-order valence-corrected chi connectivity index (χ2v) is 11.0. The number of hydrogen-bond donors (Lipinski definition) is 1. The number of nitrogen functional groups attached to an aromatic ring is 1. The van der Waals surface area contributed by atoms with E-state index in [-0.39, 0.29) is 11.9 Å². The number of piperidine rings is 1. The molecule has 3 heterocycles. The molecule has 0 saturated carbocycles. The van der Waals surface area contributed by atoms with Crippen molar-refractivity contribution in [3.8, 4) is 11.4 Å². The van der Waals surface area contributed by atoms with Crippen LogP contribution < -0.4 is 5.73 Å². The van der Waals surface area contributed by atoms with E-state index in [1.807, 2.05) is 33.3 Å². The van der Waals surface area contributed by atoms with Gasteiger partial charge in [-0.3, -0.25) is 14.0 Å². The summed E-state index contributed by atoms with van der Waals surface area (Å²) in [6.07, 6.45) is 1.82. The van der Waals surface area contributed by atoms with Gasteiger partial charge in [0.25, 0.3) is 0 Å². The van der Waals surface area contributed by atoms with E-state index >= 15 is 0 Å². The largest absolute Gasteiger partial charge is 0.375 e. The fourth-order valence-electron chi connectivity index (χ4n) is 3.51. The van der Waals surface area contributed by atoms with E-state index < -0.39 is 0 Å². The quantitative estimate of drug-likeness (QED) is 0.427. The third-order valence-corrected chi connectivity index (χ3v) is 8.59. The minimum atomic E-state index is 0.0441. The van der Waals surface area contributed by atoms with Gasteiger partial charge in [0.1, 0.15) is 11.4 Å². The Morgan fingerprint density at radius 1 is 1.19 bits per heavy atom. The fourth-order valence-corrected chi connectivity index (χ4v) is 6.28. The number of aromatic nitrogens is 2. The number of halogens is 2. The lowest BCUT2D eigenvalue weighted by Crippen LogP contribution is -2.43. The third kappa shape index (κ3) is 5.71. The molecule has 1 saturated heterocycles. The van der Waals surface area contributed by atoms with Gasteiger partial charge in [-0.05, 0) is 30.5 Å². The first kappa shape index (κ1) is 22.8. The molecule has 164 valence electrons. The molecule has 1 aromatic carbocycles. The summed E-state index contributed by atoms with van der Waals surface area (Å²) < 4.78 is 2.70. The van der Waals surface area contributed by atoms with Crippen LogP contribution in [-0.4, -0.2) is 44.2 Å². The van der Waals surface area contributed by atoms with Crippen molar-refractivity contribution in [3.05, 3.63) is 44.6 Å². The van der Waals surface area contributed by atoms with Gasteiger partial charge in [0, 0.05) is 55.3 Å². The number of benzene rings is 1. The highest BCUT2D eigenvalue weighted by Crippen LogP contribution is 2.34. The van der Waals surface area contributed by atoms with E-state index in [1.165, 1.54) is 34.6 Å². The Morgan fingerprint density at radius 2 is 1.90 bits per heavy atom. The Bertz CT molecular complexity index is 1060. The van der Waals surface area contributed by atoms with Crippen molar-refractivity contribution in [2.24, 2.45) is 0 Å². The minimum absolute atomic E-state index is 0.0441. The molecule has 4 rings (SSSR count). The van der Waals surface area contributed by atoms with Crippen LogP contribution in [0.25, 0.3) is 11.4 Å². The van der Waals surface area contributed by atoms with Crippen molar-refractivity contribution in [1.29, 1.82) is 0 Å². The van der Waals surface area contributed by atoms with Crippen LogP contribution in [0.5, 0.6) is 0 Å². The number of thiazole rings is 2. The van der Waals surface area contributed by atoms with Crippen LogP contribution in [0.1, 0.15) is 25.3 Å². The topological polar surface area (TPSA) is 75.3 Å². The van der Waals surface area contributed by atoms with Crippen LogP contribution >= 0.6 is 57.8 Å². The van der Waals surface area contributed by atoms with Crippen LogP contribution in [0.4, 0.5) is 5.13 Å². The predicted octanol–water partition coefficient (Wildman–Crippen LogP) is 5.68. The zero-order valence-electron chi connectivity index (χ0n) is 16.8. The van der Waals surface area contributed by atoms with E-state index in [9.17, 15) is 4.79 Å². The van der Waals surface area contributed by atoms with Crippen LogP contribution in [0, 0.1) is 0 Å². The number of nitrogens with two attached hydrogens (primary N) is 1. The van der Waals surface area contributed by atoms with E-state index in [2.05, 4.69) is 14.9 Å². The first-order valence-electron chi connectivity index (χ1n) is 9.70. The molecule has 0 atom stereocenters. The summed E-state index contributed by atoms with van der Waals surface area (Å²) in [5.74, 6) is 0.0441. The number of hydrogen-bond acceptors (Lipinski definition) is 8. The molecular weight excluding hydrogens is 493 g/mol. The lowest BCUT2D eigenvalue weighted by molar-refractivity contribution is -0.125. The number of nitrogens with zero attached hydrogens (tertiary/aromatic N) is 4. The third-order valence-electron chi connectivity index (χ3n) is 5.03. The van der Waals surface area contributed by atoms with Crippen LogP contribution in [0.2, 0.25) is 10.0 Å². The molecule has 0 spiro atoms. The first-order valence-corrected chi connectivity index (χ1v) is 13.0. The number of carbonyl (C=O) groups excluding carboxylic acids is 1. The van der Waals surface area contributed by atoms with Crippen molar-refractivity contribution in [2.45, 2.75) is 36.7 Å². The van der Waals surface area contributed by atoms with Crippen LogP contribution in [0.3, 0.4) is 0 Å². The normalized spacial score (nSPS) is 15.3. The summed E-state index contributed by atoms with van der Waals surface area (Å²) >= 11 is 16.5. The van der Waals surface area contributed by atoms with Crippen molar-refractivity contribution >= 4 is 68.9 Å². The molecule has 0 bridgehead atoms. The number of carbonyl (C=O) groups is 1. The highest BCUT2D eigenvalue weighted by molar-refractivity contribution is 7.99. The van der Waals surface area contributed by atoms with Crippen molar-refractivity contribution in [1.82, 2.24) is 19.2 Å². The van der Waals surface area contributed by atoms with Gasteiger partial charge in [0.15, 0.2) is 9.47 Å². The number of anilines is 1. The molecule has 0 unspecified atom stereocenters. The SMILES string of the molecule is CC(=O)N(Sc1nc(-c2csc(N)n2)cs1)C1CCN(Cc2ccc(Cl)c(Cl)c2)CC1. The Labute approximate surface area is 203 Å². The lowest BCUT2D eigenvalue weighted by Gasteiger charge is -2.37. The molecule has 2 aromatic heterocycles. The van der Waals surface area contributed by atoms with Gasteiger partial charge in [-0.1, -0.05) is 29.3 Å². The summed E-state index contributed by atoms with van der Waals surface area (Å²) in [6.45, 7) is 4.26. The van der Waals surface area contributed by atoms with Crippen LogP contribution in [0.15, 0.2) is 33.3 Å². The lowest BCUT2D eigenvalue weighted by atomic mass is 10.0. The summed E-state index contributed by atoms with van der Waals surface area (Å²) in [6, 6.07) is 5.94. The van der Waals surface area contributed by atoms with Crippen molar-refractivity contribution < 1.29 is 4.79 Å². The van der Waals surface area contributed by atoms with Crippen molar-refractivity contribution in [2.75, 3.05) is 18.8 Å². The molecule has 1 fully saturated rings. The molecule has 6 nitrogen and oxygen atoms in total. The zero-order chi connectivity index (χ0) is 22.0. The first-order chi connectivity index (χ1) is 14.9.